The average Bonchev–Trinajstić information content (AvgIpc) is 2.19. The molecule has 0 bridgehead atoms. The Labute approximate surface area is 110 Å². The predicted molar refractivity (Wildman–Crippen MR) is 65.3 cm³/mol. The van der Waals surface area contributed by atoms with Gasteiger partial charge in [-0.3, -0.25) is 4.79 Å². The fraction of sp³-hybridized carbons (Fsp3) is 0.364. The summed E-state index contributed by atoms with van der Waals surface area (Å²) in [7, 11) is 0. The van der Waals surface area contributed by atoms with Crippen LogP contribution in [0.4, 0.5) is 13.2 Å². The molecule has 0 saturated heterocycles. The Morgan fingerprint density at radius 3 is 2.41 bits per heavy atom. The summed E-state index contributed by atoms with van der Waals surface area (Å²) < 4.78 is 43.6. The Hall–Kier alpha value is -0.790. The third kappa shape index (κ3) is 3.34. The Kier molecular flexibility index (Phi) is 4.40. The van der Waals surface area contributed by atoms with Gasteiger partial charge in [0, 0.05) is 5.56 Å². The fourth-order valence-corrected chi connectivity index (χ4v) is 1.97. The van der Waals surface area contributed by atoms with E-state index < -0.39 is 17.5 Å². The van der Waals surface area contributed by atoms with Crippen LogP contribution in [0.25, 0.3) is 0 Å². The largest absolute Gasteiger partial charge is 0.493 e. The van der Waals surface area contributed by atoms with Crippen molar-refractivity contribution in [3.05, 3.63) is 26.8 Å². The molecule has 1 aromatic rings. The molecule has 17 heavy (non-hydrogen) atoms. The van der Waals surface area contributed by atoms with E-state index in [1.165, 1.54) is 0 Å². The maximum Gasteiger partial charge on any atom is 0.417 e. The summed E-state index contributed by atoms with van der Waals surface area (Å²) in [4.78, 5) is 11.2. The van der Waals surface area contributed by atoms with Crippen molar-refractivity contribution in [2.24, 2.45) is 0 Å². The smallest absolute Gasteiger partial charge is 0.417 e. The van der Waals surface area contributed by atoms with Crippen LogP contribution >= 0.6 is 22.6 Å². The zero-order valence-corrected chi connectivity index (χ0v) is 11.3. The van der Waals surface area contributed by atoms with E-state index in [9.17, 15) is 18.0 Å². The van der Waals surface area contributed by atoms with E-state index in [4.69, 9.17) is 4.74 Å². The molecule has 0 aliphatic rings. The van der Waals surface area contributed by atoms with Crippen molar-refractivity contribution >= 4 is 28.4 Å². The summed E-state index contributed by atoms with van der Waals surface area (Å²) in [6.45, 7) is 3.16. The second-order valence-corrected chi connectivity index (χ2v) is 4.48. The highest BCUT2D eigenvalue weighted by molar-refractivity contribution is 14.1. The van der Waals surface area contributed by atoms with Crippen LogP contribution < -0.4 is 4.74 Å². The molecule has 0 spiro atoms. The standard InChI is InChI=1S/C11H10F3IO2/c1-3-17-10-4-7(6(2)16)8(5-9(10)15)11(12,13)14/h4-5H,3H2,1-2H3. The molecule has 0 aromatic heterocycles. The number of rotatable bonds is 3. The summed E-state index contributed by atoms with van der Waals surface area (Å²) in [5.41, 5.74) is -1.28. The Morgan fingerprint density at radius 1 is 1.41 bits per heavy atom. The number of halogens is 4. The molecule has 6 heteroatoms. The molecule has 94 valence electrons. The summed E-state index contributed by atoms with van der Waals surface area (Å²) >= 11 is 1.75. The number of Topliss-reactive ketones (excluding diaryl/α,β-unsaturated/α-hetero) is 1. The predicted octanol–water partition coefficient (Wildman–Crippen LogP) is 3.91. The zero-order valence-electron chi connectivity index (χ0n) is 9.19. The van der Waals surface area contributed by atoms with Gasteiger partial charge in [0.15, 0.2) is 5.78 Å². The molecule has 0 atom stereocenters. The SMILES string of the molecule is CCOc1cc(C(C)=O)c(C(F)(F)F)cc1I. The highest BCUT2D eigenvalue weighted by Crippen LogP contribution is 2.36. The van der Waals surface area contributed by atoms with E-state index in [-0.39, 0.29) is 5.56 Å². The molecule has 0 saturated carbocycles. The lowest BCUT2D eigenvalue weighted by molar-refractivity contribution is -0.138. The normalized spacial score (nSPS) is 11.4. The lowest BCUT2D eigenvalue weighted by Gasteiger charge is -2.14. The number of hydrogen-bond acceptors (Lipinski definition) is 2. The third-order valence-corrected chi connectivity index (χ3v) is 2.90. The first-order chi connectivity index (χ1) is 7.77. The van der Waals surface area contributed by atoms with Crippen LogP contribution in [0.15, 0.2) is 12.1 Å². The first kappa shape index (κ1) is 14.3. The van der Waals surface area contributed by atoms with E-state index in [0.29, 0.717) is 15.9 Å². The van der Waals surface area contributed by atoms with Crippen molar-refractivity contribution in [2.45, 2.75) is 20.0 Å². The van der Waals surface area contributed by atoms with Crippen LogP contribution in [-0.2, 0) is 6.18 Å². The van der Waals surface area contributed by atoms with Gasteiger partial charge < -0.3 is 4.74 Å². The summed E-state index contributed by atoms with van der Waals surface area (Å²) in [5.74, 6) is -0.332. The van der Waals surface area contributed by atoms with Crippen LogP contribution in [0.1, 0.15) is 29.8 Å². The Bertz CT molecular complexity index is 441. The number of ketones is 1. The maximum absolute atomic E-state index is 12.7. The topological polar surface area (TPSA) is 26.3 Å². The van der Waals surface area contributed by atoms with E-state index in [1.54, 1.807) is 29.5 Å². The van der Waals surface area contributed by atoms with E-state index in [0.717, 1.165) is 19.1 Å². The molecule has 0 unspecified atom stereocenters. The first-order valence-electron chi connectivity index (χ1n) is 4.81. The number of hydrogen-bond donors (Lipinski definition) is 0. The van der Waals surface area contributed by atoms with Crippen LogP contribution in [0.5, 0.6) is 5.75 Å². The second-order valence-electron chi connectivity index (χ2n) is 3.32. The molecule has 0 radical (unpaired) electrons. The fourth-order valence-electron chi connectivity index (χ4n) is 1.35. The molecular formula is C11H10F3IO2. The summed E-state index contributed by atoms with van der Waals surface area (Å²) in [5, 5.41) is 0. The molecule has 0 N–H and O–H groups in total. The lowest BCUT2D eigenvalue weighted by Crippen LogP contribution is -2.13. The summed E-state index contributed by atoms with van der Waals surface area (Å²) in [6, 6.07) is 2.08. The van der Waals surface area contributed by atoms with Crippen LogP contribution in [0.2, 0.25) is 0 Å². The molecule has 1 rings (SSSR count). The van der Waals surface area contributed by atoms with E-state index in [2.05, 4.69) is 0 Å². The van der Waals surface area contributed by atoms with Crippen molar-refractivity contribution in [1.82, 2.24) is 0 Å². The molecule has 0 heterocycles. The van der Waals surface area contributed by atoms with E-state index >= 15 is 0 Å². The van der Waals surface area contributed by atoms with Crippen molar-refractivity contribution in [1.29, 1.82) is 0 Å². The monoisotopic (exact) mass is 358 g/mol. The van der Waals surface area contributed by atoms with Gasteiger partial charge in [-0.2, -0.15) is 13.2 Å². The summed E-state index contributed by atoms with van der Waals surface area (Å²) in [6.07, 6.45) is -4.54. The maximum atomic E-state index is 12.7. The number of alkyl halides is 3. The van der Waals surface area contributed by atoms with Gasteiger partial charge in [-0.15, -0.1) is 0 Å². The van der Waals surface area contributed by atoms with Gasteiger partial charge in [-0.25, -0.2) is 0 Å². The first-order valence-corrected chi connectivity index (χ1v) is 5.89. The van der Waals surface area contributed by atoms with Gasteiger partial charge in [0.25, 0.3) is 0 Å². The second kappa shape index (κ2) is 5.24. The minimum atomic E-state index is -4.54. The van der Waals surface area contributed by atoms with Gasteiger partial charge in [-0.05, 0) is 48.6 Å². The van der Waals surface area contributed by atoms with Gasteiger partial charge in [0.05, 0.1) is 15.7 Å². The quantitative estimate of drug-likeness (QED) is 0.605. The molecule has 0 aliphatic carbocycles. The molecular weight excluding hydrogens is 348 g/mol. The van der Waals surface area contributed by atoms with Crippen molar-refractivity contribution < 1.29 is 22.7 Å². The Balaban J connectivity index is 3.41. The van der Waals surface area contributed by atoms with Gasteiger partial charge in [0.1, 0.15) is 5.75 Å². The van der Waals surface area contributed by atoms with Crippen LogP contribution in [0.3, 0.4) is 0 Å². The van der Waals surface area contributed by atoms with E-state index in [1.807, 2.05) is 0 Å². The van der Waals surface area contributed by atoms with Gasteiger partial charge in [-0.1, -0.05) is 0 Å². The number of carbonyl (C=O) groups is 1. The van der Waals surface area contributed by atoms with Gasteiger partial charge in [0.2, 0.25) is 0 Å². The minimum absolute atomic E-state index is 0.298. The average molecular weight is 358 g/mol. The molecule has 0 fully saturated rings. The minimum Gasteiger partial charge on any atom is -0.493 e. The number of carbonyl (C=O) groups excluding carboxylic acids is 1. The molecule has 0 aliphatic heterocycles. The Morgan fingerprint density at radius 2 is 2.00 bits per heavy atom. The van der Waals surface area contributed by atoms with Gasteiger partial charge >= 0.3 is 6.18 Å². The van der Waals surface area contributed by atoms with Crippen molar-refractivity contribution in [2.75, 3.05) is 6.61 Å². The molecule has 2 nitrogen and oxygen atoms in total. The van der Waals surface area contributed by atoms with Crippen molar-refractivity contribution in [3.8, 4) is 5.75 Å². The number of ether oxygens (including phenoxy) is 1. The van der Waals surface area contributed by atoms with Crippen LogP contribution in [-0.4, -0.2) is 12.4 Å². The third-order valence-electron chi connectivity index (χ3n) is 2.06. The lowest BCUT2D eigenvalue weighted by atomic mass is 10.0. The zero-order chi connectivity index (χ0) is 13.2. The van der Waals surface area contributed by atoms with Crippen molar-refractivity contribution in [3.63, 3.8) is 0 Å². The molecule has 0 amide bonds. The molecule has 1 aromatic carbocycles. The highest BCUT2D eigenvalue weighted by Gasteiger charge is 2.35. The highest BCUT2D eigenvalue weighted by atomic mass is 127. The number of benzene rings is 1. The van der Waals surface area contributed by atoms with Crippen LogP contribution in [0, 0.1) is 3.57 Å².